The van der Waals surface area contributed by atoms with Crippen LogP contribution in [0.15, 0.2) is 6.20 Å². The number of amides is 1. The minimum absolute atomic E-state index is 0.118. The van der Waals surface area contributed by atoms with Crippen molar-refractivity contribution in [3.63, 3.8) is 0 Å². The number of nitrogens with zero attached hydrogens (tertiary/aromatic N) is 4. The number of likely N-dealkylation sites (N-methyl/N-ethyl adjacent to an activating group) is 1. The first-order chi connectivity index (χ1) is 8.54. The second-order valence-electron chi connectivity index (χ2n) is 3.90. The van der Waals surface area contributed by atoms with Gasteiger partial charge in [0.25, 0.3) is 0 Å². The van der Waals surface area contributed by atoms with Crippen molar-refractivity contribution in [3.05, 3.63) is 11.9 Å². The van der Waals surface area contributed by atoms with E-state index in [1.165, 1.54) is 9.58 Å². The van der Waals surface area contributed by atoms with Crippen LogP contribution in [0, 0.1) is 6.92 Å². The molecule has 0 bridgehead atoms. The molecule has 0 radical (unpaired) electrons. The smallest absolute Gasteiger partial charge is 0.307 e. The Balaban J connectivity index is 2.38. The van der Waals surface area contributed by atoms with Gasteiger partial charge in [-0.1, -0.05) is 5.21 Å². The number of aryl methyl sites for hydroxylation is 1. The van der Waals surface area contributed by atoms with Crippen LogP contribution in [0.4, 0.5) is 0 Å². The number of aromatic nitrogens is 3. The summed E-state index contributed by atoms with van der Waals surface area (Å²) in [7, 11) is 1.65. The first-order valence-electron chi connectivity index (χ1n) is 5.79. The zero-order chi connectivity index (χ0) is 13.5. The Bertz CT molecular complexity index is 416. The maximum absolute atomic E-state index is 11.8. The molecule has 0 N–H and O–H groups in total. The zero-order valence-electron chi connectivity index (χ0n) is 10.9. The summed E-state index contributed by atoms with van der Waals surface area (Å²) in [6, 6.07) is 0. The zero-order valence-corrected chi connectivity index (χ0v) is 10.9. The first-order valence-corrected chi connectivity index (χ1v) is 5.79. The Kier molecular flexibility index (Phi) is 5.29. The van der Waals surface area contributed by atoms with Crippen molar-refractivity contribution < 1.29 is 14.3 Å². The van der Waals surface area contributed by atoms with E-state index in [9.17, 15) is 9.59 Å². The third-order valence-corrected chi connectivity index (χ3v) is 2.48. The molecule has 0 aliphatic heterocycles. The van der Waals surface area contributed by atoms with Gasteiger partial charge in [0.15, 0.2) is 0 Å². The Morgan fingerprint density at radius 3 is 2.78 bits per heavy atom. The molecule has 0 unspecified atom stereocenters. The molecule has 0 fully saturated rings. The standard InChI is InChI=1S/C11H18N4O3/c1-4-18-11(17)5-6-14(3)10(16)8-15-9(2)7-12-13-15/h7H,4-6,8H2,1-3H3. The van der Waals surface area contributed by atoms with E-state index in [4.69, 9.17) is 4.74 Å². The molecule has 7 nitrogen and oxygen atoms in total. The SMILES string of the molecule is CCOC(=O)CCN(C)C(=O)Cn1nncc1C. The highest BCUT2D eigenvalue weighted by molar-refractivity contribution is 5.76. The predicted molar refractivity (Wildman–Crippen MR) is 63.6 cm³/mol. The molecule has 0 aliphatic rings. The average molecular weight is 254 g/mol. The molecule has 1 rings (SSSR count). The van der Waals surface area contributed by atoms with E-state index in [1.807, 2.05) is 6.92 Å². The highest BCUT2D eigenvalue weighted by Gasteiger charge is 2.13. The molecule has 100 valence electrons. The maximum Gasteiger partial charge on any atom is 0.307 e. The normalized spacial score (nSPS) is 10.2. The molecule has 0 aromatic carbocycles. The van der Waals surface area contributed by atoms with Crippen molar-refractivity contribution in [1.29, 1.82) is 0 Å². The van der Waals surface area contributed by atoms with Crippen LogP contribution < -0.4 is 0 Å². The number of esters is 1. The summed E-state index contributed by atoms with van der Waals surface area (Å²) in [5.41, 5.74) is 0.821. The van der Waals surface area contributed by atoms with Gasteiger partial charge in [-0.15, -0.1) is 5.10 Å². The topological polar surface area (TPSA) is 77.3 Å². The number of carbonyl (C=O) groups is 2. The molecule has 0 aliphatic carbocycles. The quantitative estimate of drug-likeness (QED) is 0.668. The summed E-state index contributed by atoms with van der Waals surface area (Å²) in [6.07, 6.45) is 1.79. The molecule has 0 saturated heterocycles. The predicted octanol–water partition coefficient (Wildman–Crippen LogP) is -0.00188. The van der Waals surface area contributed by atoms with Gasteiger partial charge >= 0.3 is 5.97 Å². The van der Waals surface area contributed by atoms with Crippen molar-refractivity contribution in [3.8, 4) is 0 Å². The van der Waals surface area contributed by atoms with Crippen LogP contribution in [-0.2, 0) is 20.9 Å². The van der Waals surface area contributed by atoms with Gasteiger partial charge in [-0.25, -0.2) is 4.68 Å². The largest absolute Gasteiger partial charge is 0.466 e. The van der Waals surface area contributed by atoms with E-state index in [0.717, 1.165) is 5.69 Å². The summed E-state index contributed by atoms with van der Waals surface area (Å²) >= 11 is 0. The number of hydrogen-bond donors (Lipinski definition) is 0. The fourth-order valence-corrected chi connectivity index (χ4v) is 1.33. The van der Waals surface area contributed by atoms with Crippen molar-refractivity contribution in [1.82, 2.24) is 19.9 Å². The molecule has 1 aromatic heterocycles. The monoisotopic (exact) mass is 254 g/mol. The molecule has 1 heterocycles. The number of carbonyl (C=O) groups excluding carboxylic acids is 2. The molecule has 1 aromatic rings. The van der Waals surface area contributed by atoms with E-state index in [1.54, 1.807) is 20.2 Å². The van der Waals surface area contributed by atoms with Crippen molar-refractivity contribution >= 4 is 11.9 Å². The van der Waals surface area contributed by atoms with Gasteiger partial charge in [-0.2, -0.15) is 0 Å². The van der Waals surface area contributed by atoms with Gasteiger partial charge in [-0.05, 0) is 13.8 Å². The van der Waals surface area contributed by atoms with Crippen molar-refractivity contribution in [2.24, 2.45) is 0 Å². The Morgan fingerprint density at radius 2 is 2.22 bits per heavy atom. The Labute approximate surface area is 106 Å². The second kappa shape index (κ2) is 6.73. The summed E-state index contributed by atoms with van der Waals surface area (Å²) in [6.45, 7) is 4.40. The lowest BCUT2D eigenvalue weighted by Gasteiger charge is -2.16. The lowest BCUT2D eigenvalue weighted by atomic mass is 10.4. The van der Waals surface area contributed by atoms with E-state index in [0.29, 0.717) is 13.2 Å². The van der Waals surface area contributed by atoms with Crippen LogP contribution in [0.2, 0.25) is 0 Å². The summed E-state index contributed by atoms with van der Waals surface area (Å²) < 4.78 is 6.31. The van der Waals surface area contributed by atoms with Gasteiger partial charge in [0, 0.05) is 13.6 Å². The summed E-state index contributed by atoms with van der Waals surface area (Å²) in [4.78, 5) is 24.5. The van der Waals surface area contributed by atoms with Crippen LogP contribution in [0.5, 0.6) is 0 Å². The third kappa shape index (κ3) is 4.15. The van der Waals surface area contributed by atoms with Crippen LogP contribution in [-0.4, -0.2) is 52.0 Å². The highest BCUT2D eigenvalue weighted by Crippen LogP contribution is 1.97. The van der Waals surface area contributed by atoms with Crippen molar-refractivity contribution in [2.75, 3.05) is 20.2 Å². The minimum Gasteiger partial charge on any atom is -0.466 e. The number of hydrogen-bond acceptors (Lipinski definition) is 5. The maximum atomic E-state index is 11.8. The van der Waals surface area contributed by atoms with Gasteiger partial charge in [0.2, 0.25) is 5.91 Å². The molecule has 18 heavy (non-hydrogen) atoms. The molecule has 0 saturated carbocycles. The molecular weight excluding hydrogens is 236 g/mol. The van der Waals surface area contributed by atoms with E-state index in [2.05, 4.69) is 10.3 Å². The summed E-state index contributed by atoms with van der Waals surface area (Å²) in [5.74, 6) is -0.415. The minimum atomic E-state index is -0.297. The lowest BCUT2D eigenvalue weighted by Crippen LogP contribution is -2.32. The second-order valence-corrected chi connectivity index (χ2v) is 3.90. The lowest BCUT2D eigenvalue weighted by molar-refractivity contribution is -0.143. The van der Waals surface area contributed by atoms with Crippen LogP contribution >= 0.6 is 0 Å². The van der Waals surface area contributed by atoms with E-state index >= 15 is 0 Å². The van der Waals surface area contributed by atoms with Crippen LogP contribution in [0.3, 0.4) is 0 Å². The molecule has 0 atom stereocenters. The van der Waals surface area contributed by atoms with Crippen LogP contribution in [0.25, 0.3) is 0 Å². The van der Waals surface area contributed by atoms with Gasteiger partial charge in [0.05, 0.1) is 24.9 Å². The number of rotatable bonds is 6. The molecule has 1 amide bonds. The Hall–Kier alpha value is -1.92. The van der Waals surface area contributed by atoms with E-state index < -0.39 is 0 Å². The summed E-state index contributed by atoms with van der Waals surface area (Å²) in [5, 5.41) is 7.49. The molecule has 7 heteroatoms. The fourth-order valence-electron chi connectivity index (χ4n) is 1.33. The molecule has 0 spiro atoms. The van der Waals surface area contributed by atoms with Gasteiger partial charge in [0.1, 0.15) is 6.54 Å². The van der Waals surface area contributed by atoms with Crippen molar-refractivity contribution in [2.45, 2.75) is 26.8 Å². The fraction of sp³-hybridized carbons (Fsp3) is 0.636. The number of ether oxygens (including phenoxy) is 1. The first kappa shape index (κ1) is 14.1. The Morgan fingerprint density at radius 1 is 1.50 bits per heavy atom. The highest BCUT2D eigenvalue weighted by atomic mass is 16.5. The van der Waals surface area contributed by atoms with Gasteiger partial charge in [-0.3, -0.25) is 9.59 Å². The average Bonchev–Trinajstić information content (AvgIpc) is 2.72. The van der Waals surface area contributed by atoms with Gasteiger partial charge < -0.3 is 9.64 Å². The third-order valence-electron chi connectivity index (χ3n) is 2.48. The van der Waals surface area contributed by atoms with Crippen LogP contribution in [0.1, 0.15) is 19.0 Å². The van der Waals surface area contributed by atoms with E-state index in [-0.39, 0.29) is 24.8 Å². The molecular formula is C11H18N4O3.